The van der Waals surface area contributed by atoms with Gasteiger partial charge >= 0.3 is 0 Å². The number of aromatic nitrogens is 1. The number of aryl methyl sites for hydroxylation is 1. The van der Waals surface area contributed by atoms with Gasteiger partial charge in [0.15, 0.2) is 0 Å². The molecule has 7 nitrogen and oxygen atoms in total. The second-order valence-corrected chi connectivity index (χ2v) is 10.7. The highest BCUT2D eigenvalue weighted by atomic mass is 35.5. The lowest BCUT2D eigenvalue weighted by molar-refractivity contribution is 0.0702. The average molecular weight is 492 g/mol. The lowest BCUT2D eigenvalue weighted by Gasteiger charge is -2.33. The molecule has 168 valence electrons. The minimum Gasteiger partial charge on any atom is -0.497 e. The predicted molar refractivity (Wildman–Crippen MR) is 125 cm³/mol. The van der Waals surface area contributed by atoms with Gasteiger partial charge in [-0.2, -0.15) is 4.31 Å². The number of methoxy groups -OCH3 is 1. The van der Waals surface area contributed by atoms with Crippen molar-refractivity contribution in [1.29, 1.82) is 0 Å². The normalized spacial score (nSPS) is 15.0. The Bertz CT molecular complexity index is 1230. The standard InChI is InChI=1S/C22H22ClN3O4S2/c1-15-20(31-21(24-15)16-4-3-5-17(23)14-16)22(27)25-10-12-26(13-11-25)32(28,29)19-8-6-18(30-2)7-9-19/h3-9,14H,10-13H2,1-2H3. The molecule has 2 heterocycles. The number of thiazole rings is 1. The predicted octanol–water partition coefficient (Wildman–Crippen LogP) is 3.93. The molecule has 1 aromatic heterocycles. The Balaban J connectivity index is 1.46. The number of carbonyl (C=O) groups is 1. The maximum Gasteiger partial charge on any atom is 0.265 e. The van der Waals surface area contributed by atoms with Gasteiger partial charge in [0, 0.05) is 36.8 Å². The van der Waals surface area contributed by atoms with Crippen molar-refractivity contribution in [1.82, 2.24) is 14.2 Å². The molecule has 0 aliphatic carbocycles. The summed E-state index contributed by atoms with van der Waals surface area (Å²) in [5.74, 6) is 0.464. The number of sulfonamides is 1. The summed E-state index contributed by atoms with van der Waals surface area (Å²) in [7, 11) is -2.10. The first-order valence-corrected chi connectivity index (χ1v) is 12.6. The zero-order valence-electron chi connectivity index (χ0n) is 17.6. The fraction of sp³-hybridized carbons (Fsp3) is 0.273. The van der Waals surface area contributed by atoms with Crippen LogP contribution in [0.25, 0.3) is 10.6 Å². The third kappa shape index (κ3) is 4.52. The second kappa shape index (κ2) is 9.19. The van der Waals surface area contributed by atoms with E-state index in [1.165, 1.54) is 34.9 Å². The third-order valence-corrected chi connectivity index (χ3v) is 8.63. The van der Waals surface area contributed by atoms with Crippen LogP contribution in [0, 0.1) is 6.92 Å². The van der Waals surface area contributed by atoms with E-state index >= 15 is 0 Å². The maximum absolute atomic E-state index is 13.1. The van der Waals surface area contributed by atoms with E-state index in [9.17, 15) is 13.2 Å². The number of piperazine rings is 1. The van der Waals surface area contributed by atoms with Gasteiger partial charge in [0.05, 0.1) is 17.7 Å². The van der Waals surface area contributed by atoms with Crippen LogP contribution in [-0.4, -0.2) is 61.8 Å². The van der Waals surface area contributed by atoms with Gasteiger partial charge in [-0.3, -0.25) is 4.79 Å². The van der Waals surface area contributed by atoms with Crippen LogP contribution in [0.4, 0.5) is 0 Å². The highest BCUT2D eigenvalue weighted by molar-refractivity contribution is 7.89. The number of amides is 1. The highest BCUT2D eigenvalue weighted by Gasteiger charge is 2.31. The summed E-state index contributed by atoms with van der Waals surface area (Å²) in [5.41, 5.74) is 1.52. The van der Waals surface area contributed by atoms with E-state index in [0.717, 1.165) is 10.6 Å². The SMILES string of the molecule is COc1ccc(S(=O)(=O)N2CCN(C(=O)c3sc(-c4cccc(Cl)c4)nc3C)CC2)cc1. The number of rotatable bonds is 5. The van der Waals surface area contributed by atoms with Gasteiger partial charge in [0.25, 0.3) is 5.91 Å². The van der Waals surface area contributed by atoms with Gasteiger partial charge < -0.3 is 9.64 Å². The zero-order chi connectivity index (χ0) is 22.9. The minimum absolute atomic E-state index is 0.130. The molecular weight excluding hydrogens is 470 g/mol. The van der Waals surface area contributed by atoms with Gasteiger partial charge in [-0.05, 0) is 43.3 Å². The molecule has 4 rings (SSSR count). The first-order chi connectivity index (χ1) is 15.3. The van der Waals surface area contributed by atoms with Crippen LogP contribution in [0.5, 0.6) is 5.75 Å². The third-order valence-electron chi connectivity index (χ3n) is 5.29. The number of ether oxygens (including phenoxy) is 1. The number of benzene rings is 2. The number of halogens is 1. The van der Waals surface area contributed by atoms with Gasteiger partial charge in [0.1, 0.15) is 15.6 Å². The molecule has 3 aromatic rings. The Morgan fingerprint density at radius 1 is 1.09 bits per heavy atom. The number of carbonyl (C=O) groups excluding carboxylic acids is 1. The first kappa shape index (κ1) is 22.7. The van der Waals surface area contributed by atoms with Crippen molar-refractivity contribution in [2.45, 2.75) is 11.8 Å². The minimum atomic E-state index is -3.63. The summed E-state index contributed by atoms with van der Waals surface area (Å²) in [6, 6.07) is 13.7. The summed E-state index contributed by atoms with van der Waals surface area (Å²) < 4.78 is 32.4. The summed E-state index contributed by atoms with van der Waals surface area (Å²) >= 11 is 7.40. The Hall–Kier alpha value is -2.46. The van der Waals surface area contributed by atoms with Crippen molar-refractivity contribution in [3.63, 3.8) is 0 Å². The number of nitrogens with zero attached hydrogens (tertiary/aromatic N) is 3. The molecule has 0 radical (unpaired) electrons. The topological polar surface area (TPSA) is 79.8 Å². The average Bonchev–Trinajstić information content (AvgIpc) is 3.20. The monoisotopic (exact) mass is 491 g/mol. The second-order valence-electron chi connectivity index (χ2n) is 7.32. The molecule has 0 unspecified atom stereocenters. The zero-order valence-corrected chi connectivity index (χ0v) is 20.0. The molecule has 1 aliphatic rings. The van der Waals surface area contributed by atoms with E-state index in [1.54, 1.807) is 23.1 Å². The van der Waals surface area contributed by atoms with Gasteiger partial charge in [-0.15, -0.1) is 11.3 Å². The van der Waals surface area contributed by atoms with Crippen LogP contribution < -0.4 is 4.74 Å². The van der Waals surface area contributed by atoms with Crippen molar-refractivity contribution in [2.75, 3.05) is 33.3 Å². The Morgan fingerprint density at radius 3 is 2.41 bits per heavy atom. The van der Waals surface area contributed by atoms with Crippen LogP contribution in [0.1, 0.15) is 15.4 Å². The fourth-order valence-corrected chi connectivity index (χ4v) is 6.15. The van der Waals surface area contributed by atoms with Crippen LogP contribution in [0.2, 0.25) is 5.02 Å². The quantitative estimate of drug-likeness (QED) is 0.540. The van der Waals surface area contributed by atoms with E-state index in [1.807, 2.05) is 25.1 Å². The molecule has 0 atom stereocenters. The Kier molecular flexibility index (Phi) is 6.52. The van der Waals surface area contributed by atoms with Crippen LogP contribution in [0.3, 0.4) is 0 Å². The molecule has 1 saturated heterocycles. The molecule has 1 amide bonds. The van der Waals surface area contributed by atoms with Crippen molar-refractivity contribution < 1.29 is 17.9 Å². The molecule has 1 aliphatic heterocycles. The van der Waals surface area contributed by atoms with Crippen molar-refractivity contribution >= 4 is 38.9 Å². The fourth-order valence-electron chi connectivity index (χ4n) is 3.51. The van der Waals surface area contributed by atoms with Gasteiger partial charge in [-0.1, -0.05) is 23.7 Å². The van der Waals surface area contributed by atoms with Gasteiger partial charge in [0.2, 0.25) is 10.0 Å². The summed E-state index contributed by atoms with van der Waals surface area (Å²) in [6.07, 6.45) is 0. The number of hydrogen-bond acceptors (Lipinski definition) is 6. The Labute approximate surface area is 196 Å². The lowest BCUT2D eigenvalue weighted by atomic mass is 10.2. The van der Waals surface area contributed by atoms with Gasteiger partial charge in [-0.25, -0.2) is 13.4 Å². The van der Waals surface area contributed by atoms with E-state index in [2.05, 4.69) is 4.98 Å². The van der Waals surface area contributed by atoms with E-state index in [0.29, 0.717) is 34.4 Å². The molecule has 10 heteroatoms. The van der Waals surface area contributed by atoms with Crippen LogP contribution in [-0.2, 0) is 10.0 Å². The maximum atomic E-state index is 13.1. The smallest absolute Gasteiger partial charge is 0.265 e. The van der Waals surface area contributed by atoms with Crippen LogP contribution >= 0.6 is 22.9 Å². The van der Waals surface area contributed by atoms with E-state index < -0.39 is 10.0 Å². The van der Waals surface area contributed by atoms with Crippen LogP contribution in [0.15, 0.2) is 53.4 Å². The van der Waals surface area contributed by atoms with E-state index in [-0.39, 0.29) is 23.9 Å². The van der Waals surface area contributed by atoms with E-state index in [4.69, 9.17) is 16.3 Å². The summed E-state index contributed by atoms with van der Waals surface area (Å²) in [5, 5.41) is 1.34. The summed E-state index contributed by atoms with van der Waals surface area (Å²) in [6.45, 7) is 2.91. The molecule has 0 N–H and O–H groups in total. The highest BCUT2D eigenvalue weighted by Crippen LogP contribution is 2.30. The molecule has 1 fully saturated rings. The van der Waals surface area contributed by atoms with Crippen molar-refractivity contribution in [2.24, 2.45) is 0 Å². The molecule has 32 heavy (non-hydrogen) atoms. The molecular formula is C22H22ClN3O4S2. The first-order valence-electron chi connectivity index (χ1n) is 9.96. The summed E-state index contributed by atoms with van der Waals surface area (Å²) in [4.78, 5) is 20.1. The number of hydrogen-bond donors (Lipinski definition) is 0. The van der Waals surface area contributed by atoms with Crippen molar-refractivity contribution in [3.05, 3.63) is 64.1 Å². The molecule has 0 spiro atoms. The lowest BCUT2D eigenvalue weighted by Crippen LogP contribution is -2.50. The molecule has 2 aromatic carbocycles. The largest absolute Gasteiger partial charge is 0.497 e. The molecule has 0 saturated carbocycles. The molecule has 0 bridgehead atoms. The van der Waals surface area contributed by atoms with Crippen molar-refractivity contribution in [3.8, 4) is 16.3 Å². The Morgan fingerprint density at radius 2 is 1.78 bits per heavy atom.